The molecule has 0 atom stereocenters. The van der Waals surface area contributed by atoms with Crippen molar-refractivity contribution in [3.05, 3.63) is 0 Å². The van der Waals surface area contributed by atoms with Crippen molar-refractivity contribution < 1.29 is 18.3 Å². The van der Waals surface area contributed by atoms with Crippen LogP contribution >= 0.6 is 0 Å². The van der Waals surface area contributed by atoms with Gasteiger partial charge in [0.15, 0.2) is 0 Å². The minimum atomic E-state index is -3.44. The number of ether oxygens (including phenoxy) is 2. The van der Waals surface area contributed by atoms with Crippen LogP contribution in [-0.2, 0) is 9.47 Å². The van der Waals surface area contributed by atoms with Crippen LogP contribution in [0.5, 0.6) is 0 Å². The normalized spacial score (nSPS) is 32.2. The molecule has 0 N–H and O–H groups in total. The quantitative estimate of drug-likeness (QED) is 0.549. The van der Waals surface area contributed by atoms with Gasteiger partial charge in [-0.2, -0.15) is 0 Å². The minimum Gasteiger partial charge on any atom is -0.287 e. The van der Waals surface area contributed by atoms with Crippen molar-refractivity contribution in [2.24, 2.45) is 0 Å². The zero-order chi connectivity index (χ0) is 8.91. The Balaban J connectivity index is 2.89. The number of halogens is 2. The van der Waals surface area contributed by atoms with Gasteiger partial charge in [-0.1, -0.05) is 0 Å². The molecule has 0 unspecified atom stereocenters. The topological polar surface area (TPSA) is 18.5 Å². The summed E-state index contributed by atoms with van der Waals surface area (Å²) in [5.41, 5.74) is -1.90. The molecule has 1 heterocycles. The van der Waals surface area contributed by atoms with Crippen molar-refractivity contribution in [2.45, 2.75) is 45.2 Å². The highest BCUT2D eigenvalue weighted by Gasteiger charge is 2.59. The van der Waals surface area contributed by atoms with Gasteiger partial charge in [0, 0.05) is 0 Å². The molecular formula is C7H12F2O2. The molecule has 0 aromatic heterocycles. The second-order valence-electron chi connectivity index (χ2n) is 3.69. The van der Waals surface area contributed by atoms with Crippen LogP contribution < -0.4 is 0 Å². The standard InChI is InChI=1S/C7H12F2O2/c1-5(2)6(3,4)11-7(8,9)10-5/h1-4H3. The van der Waals surface area contributed by atoms with Crippen molar-refractivity contribution in [3.63, 3.8) is 0 Å². The summed E-state index contributed by atoms with van der Waals surface area (Å²) in [5, 5.41) is 0. The molecule has 0 amide bonds. The lowest BCUT2D eigenvalue weighted by Crippen LogP contribution is -2.41. The van der Waals surface area contributed by atoms with E-state index < -0.39 is 17.5 Å². The molecule has 1 aliphatic heterocycles. The first-order valence-corrected chi connectivity index (χ1v) is 3.44. The molecule has 2 nitrogen and oxygen atoms in total. The summed E-state index contributed by atoms with van der Waals surface area (Å²) in [5.74, 6) is 0. The molecule has 1 saturated heterocycles. The minimum absolute atomic E-state index is 0.948. The number of alkyl halides is 2. The second-order valence-corrected chi connectivity index (χ2v) is 3.69. The van der Waals surface area contributed by atoms with Crippen LogP contribution in [0.4, 0.5) is 8.78 Å². The third-order valence-electron chi connectivity index (χ3n) is 2.20. The Labute approximate surface area is 64.5 Å². The monoisotopic (exact) mass is 166 g/mol. The first-order valence-electron chi connectivity index (χ1n) is 3.44. The first kappa shape index (κ1) is 8.87. The van der Waals surface area contributed by atoms with Gasteiger partial charge in [-0.3, -0.25) is 9.47 Å². The zero-order valence-electron chi connectivity index (χ0n) is 7.07. The van der Waals surface area contributed by atoms with Crippen LogP contribution in [0.25, 0.3) is 0 Å². The maximum atomic E-state index is 12.5. The van der Waals surface area contributed by atoms with E-state index in [0.29, 0.717) is 0 Å². The lowest BCUT2D eigenvalue weighted by molar-refractivity contribution is -0.361. The van der Waals surface area contributed by atoms with Gasteiger partial charge in [-0.15, -0.1) is 8.78 Å². The van der Waals surface area contributed by atoms with E-state index in [9.17, 15) is 8.78 Å². The molecule has 0 bridgehead atoms. The molecule has 1 fully saturated rings. The Morgan fingerprint density at radius 2 is 1.09 bits per heavy atom. The molecule has 0 aliphatic carbocycles. The summed E-state index contributed by atoms with van der Waals surface area (Å²) >= 11 is 0. The largest absolute Gasteiger partial charge is 0.486 e. The third-order valence-corrected chi connectivity index (χ3v) is 2.20. The van der Waals surface area contributed by atoms with Gasteiger partial charge in [0.05, 0.1) is 0 Å². The Hall–Kier alpha value is -0.220. The SMILES string of the molecule is CC1(C)OC(F)(F)OC1(C)C. The Morgan fingerprint density at radius 3 is 1.18 bits per heavy atom. The number of hydrogen-bond donors (Lipinski definition) is 0. The molecule has 0 saturated carbocycles. The molecule has 0 aromatic carbocycles. The van der Waals surface area contributed by atoms with Crippen molar-refractivity contribution in [2.75, 3.05) is 0 Å². The van der Waals surface area contributed by atoms with Gasteiger partial charge < -0.3 is 0 Å². The lowest BCUT2D eigenvalue weighted by Gasteiger charge is -2.29. The number of rotatable bonds is 0. The van der Waals surface area contributed by atoms with Crippen LogP contribution in [0.2, 0.25) is 0 Å². The zero-order valence-corrected chi connectivity index (χ0v) is 7.07. The fourth-order valence-corrected chi connectivity index (χ4v) is 0.861. The summed E-state index contributed by atoms with van der Waals surface area (Å²) in [7, 11) is 0. The van der Waals surface area contributed by atoms with Crippen LogP contribution in [0.15, 0.2) is 0 Å². The smallest absolute Gasteiger partial charge is 0.287 e. The maximum Gasteiger partial charge on any atom is 0.486 e. The number of hydrogen-bond acceptors (Lipinski definition) is 2. The summed E-state index contributed by atoms with van der Waals surface area (Å²) < 4.78 is 33.8. The van der Waals surface area contributed by atoms with Crippen LogP contribution in [-0.4, -0.2) is 17.5 Å². The van der Waals surface area contributed by atoms with Gasteiger partial charge in [-0.25, -0.2) is 0 Å². The molecule has 0 radical (unpaired) electrons. The fraction of sp³-hybridized carbons (Fsp3) is 1.00. The van der Waals surface area contributed by atoms with Gasteiger partial charge >= 0.3 is 6.29 Å². The average Bonchev–Trinajstić information content (AvgIpc) is 1.66. The third kappa shape index (κ3) is 1.37. The Morgan fingerprint density at radius 1 is 0.818 bits per heavy atom. The van der Waals surface area contributed by atoms with Crippen molar-refractivity contribution in [3.8, 4) is 0 Å². The maximum absolute atomic E-state index is 12.5. The van der Waals surface area contributed by atoms with Gasteiger partial charge in [0.1, 0.15) is 11.2 Å². The molecule has 66 valence electrons. The Bertz CT molecular complexity index is 157. The molecule has 1 rings (SSSR count). The molecule has 0 aromatic rings. The summed E-state index contributed by atoms with van der Waals surface area (Å²) in [6, 6.07) is 0. The molecule has 1 aliphatic rings. The predicted octanol–water partition coefficient (Wildman–Crippen LogP) is 2.14. The van der Waals surface area contributed by atoms with E-state index in [1.165, 1.54) is 0 Å². The van der Waals surface area contributed by atoms with E-state index >= 15 is 0 Å². The highest BCUT2D eigenvalue weighted by atomic mass is 19.3. The lowest BCUT2D eigenvalue weighted by atomic mass is 9.90. The van der Waals surface area contributed by atoms with Crippen molar-refractivity contribution >= 4 is 0 Å². The van der Waals surface area contributed by atoms with E-state index in [1.54, 1.807) is 27.7 Å². The van der Waals surface area contributed by atoms with Gasteiger partial charge in [0.25, 0.3) is 0 Å². The first-order chi connectivity index (χ1) is 4.66. The Kier molecular flexibility index (Phi) is 1.55. The predicted molar refractivity (Wildman–Crippen MR) is 35.3 cm³/mol. The summed E-state index contributed by atoms with van der Waals surface area (Å²) in [4.78, 5) is 0. The van der Waals surface area contributed by atoms with Gasteiger partial charge in [-0.05, 0) is 27.7 Å². The van der Waals surface area contributed by atoms with E-state index in [-0.39, 0.29) is 0 Å². The fourth-order valence-electron chi connectivity index (χ4n) is 0.861. The van der Waals surface area contributed by atoms with Gasteiger partial charge in [0.2, 0.25) is 0 Å². The molecule has 11 heavy (non-hydrogen) atoms. The average molecular weight is 166 g/mol. The molecule has 0 spiro atoms. The highest BCUT2D eigenvalue weighted by molar-refractivity contribution is 4.94. The van der Waals surface area contributed by atoms with Crippen molar-refractivity contribution in [1.29, 1.82) is 0 Å². The summed E-state index contributed by atoms with van der Waals surface area (Å²) in [6.45, 7) is 6.31. The molecule has 4 heteroatoms. The van der Waals surface area contributed by atoms with Crippen LogP contribution in [0.3, 0.4) is 0 Å². The van der Waals surface area contributed by atoms with E-state index in [4.69, 9.17) is 0 Å². The van der Waals surface area contributed by atoms with E-state index in [1.807, 2.05) is 0 Å². The van der Waals surface area contributed by atoms with Crippen molar-refractivity contribution in [1.82, 2.24) is 0 Å². The van der Waals surface area contributed by atoms with E-state index in [2.05, 4.69) is 9.47 Å². The molecular weight excluding hydrogens is 154 g/mol. The van der Waals surface area contributed by atoms with Crippen LogP contribution in [0.1, 0.15) is 27.7 Å². The van der Waals surface area contributed by atoms with Crippen LogP contribution in [0, 0.1) is 0 Å². The highest BCUT2D eigenvalue weighted by Crippen LogP contribution is 2.44. The second kappa shape index (κ2) is 1.93. The van der Waals surface area contributed by atoms with E-state index in [0.717, 1.165) is 0 Å². The summed E-state index contributed by atoms with van der Waals surface area (Å²) in [6.07, 6.45) is -3.44.